The molecule has 0 saturated heterocycles. The van der Waals surface area contributed by atoms with Crippen LogP contribution in [0.2, 0.25) is 10.0 Å². The first-order valence-corrected chi connectivity index (χ1v) is 9.63. The lowest BCUT2D eigenvalue weighted by Gasteiger charge is -2.17. The molecule has 3 N–H and O–H groups in total. The van der Waals surface area contributed by atoms with Crippen LogP contribution in [-0.2, 0) is 13.5 Å². The molecule has 0 aliphatic rings. The molecule has 2 aromatic heterocycles. The lowest BCUT2D eigenvalue weighted by Crippen LogP contribution is -2.41. The third kappa shape index (κ3) is 4.27. The van der Waals surface area contributed by atoms with Crippen LogP contribution in [0, 0.1) is 0 Å². The van der Waals surface area contributed by atoms with Crippen LogP contribution < -0.4 is 11.1 Å². The topological polar surface area (TPSA) is 72.9 Å². The minimum Gasteiger partial charge on any atom is -0.347 e. The molecule has 0 saturated carbocycles. The molecule has 5 nitrogen and oxygen atoms in total. The Labute approximate surface area is 165 Å². The van der Waals surface area contributed by atoms with Gasteiger partial charge < -0.3 is 11.1 Å². The minimum atomic E-state index is -0.219. The molecule has 1 atom stereocenters. The highest BCUT2D eigenvalue weighted by Gasteiger charge is 2.17. The molecular formula is C18H18Cl2N4OS. The molecule has 3 rings (SSSR count). The second-order valence-corrected chi connectivity index (χ2v) is 7.64. The zero-order valence-electron chi connectivity index (χ0n) is 14.1. The van der Waals surface area contributed by atoms with Crippen molar-refractivity contribution in [1.82, 2.24) is 15.1 Å². The fraction of sp³-hybridized carbons (Fsp3) is 0.222. The van der Waals surface area contributed by atoms with E-state index in [4.69, 9.17) is 28.9 Å². The summed E-state index contributed by atoms with van der Waals surface area (Å²) in [6.45, 7) is 0.310. The standard InChI is InChI=1S/C18H18Cl2N4OS/c1-24-16(4-5-22-24)12-7-17(26-10-12)18(25)23-14(9-21)6-11-2-3-13(19)8-15(11)20/h2-5,7-8,10,14H,6,9,21H2,1H3,(H,23,25). The first kappa shape index (κ1) is 18.9. The number of amides is 1. The van der Waals surface area contributed by atoms with Crippen LogP contribution >= 0.6 is 34.5 Å². The minimum absolute atomic E-state index is 0.149. The van der Waals surface area contributed by atoms with Gasteiger partial charge in [0.1, 0.15) is 0 Å². The lowest BCUT2D eigenvalue weighted by atomic mass is 10.1. The maximum absolute atomic E-state index is 12.6. The van der Waals surface area contributed by atoms with Gasteiger partial charge in [0.25, 0.3) is 5.91 Å². The number of nitrogens with one attached hydrogen (secondary N) is 1. The summed E-state index contributed by atoms with van der Waals surface area (Å²) in [5.74, 6) is -0.149. The number of hydrogen-bond acceptors (Lipinski definition) is 4. The molecule has 0 bridgehead atoms. The summed E-state index contributed by atoms with van der Waals surface area (Å²) in [6, 6.07) is 8.87. The molecule has 3 aromatic rings. The van der Waals surface area contributed by atoms with Gasteiger partial charge in [0.05, 0.1) is 10.6 Å². The highest BCUT2D eigenvalue weighted by atomic mass is 35.5. The normalized spacial score (nSPS) is 12.2. The lowest BCUT2D eigenvalue weighted by molar-refractivity contribution is 0.0942. The highest BCUT2D eigenvalue weighted by Crippen LogP contribution is 2.25. The van der Waals surface area contributed by atoms with Crippen molar-refractivity contribution in [3.63, 3.8) is 0 Å². The molecule has 136 valence electrons. The molecule has 1 unspecified atom stereocenters. The number of hydrogen-bond donors (Lipinski definition) is 2. The van der Waals surface area contributed by atoms with E-state index in [9.17, 15) is 4.79 Å². The number of carbonyl (C=O) groups excluding carboxylic acids is 1. The zero-order chi connectivity index (χ0) is 18.7. The van der Waals surface area contributed by atoms with Crippen molar-refractivity contribution in [2.24, 2.45) is 12.8 Å². The second kappa shape index (κ2) is 8.22. The first-order chi connectivity index (χ1) is 12.5. The van der Waals surface area contributed by atoms with Crippen LogP contribution in [0.3, 0.4) is 0 Å². The third-order valence-electron chi connectivity index (χ3n) is 4.04. The van der Waals surface area contributed by atoms with E-state index < -0.39 is 0 Å². The van der Waals surface area contributed by atoms with Crippen molar-refractivity contribution in [3.8, 4) is 11.3 Å². The fourth-order valence-corrected chi connectivity index (χ4v) is 3.94. The van der Waals surface area contributed by atoms with E-state index in [0.717, 1.165) is 16.8 Å². The monoisotopic (exact) mass is 408 g/mol. The Kier molecular flexibility index (Phi) is 5.98. The van der Waals surface area contributed by atoms with Gasteiger partial charge in [-0.15, -0.1) is 11.3 Å². The van der Waals surface area contributed by atoms with Gasteiger partial charge in [-0.05, 0) is 36.2 Å². The number of nitrogens with two attached hydrogens (primary N) is 1. The largest absolute Gasteiger partial charge is 0.347 e. The number of aromatic nitrogens is 2. The van der Waals surface area contributed by atoms with Crippen LogP contribution in [0.4, 0.5) is 0 Å². The average molecular weight is 409 g/mol. The maximum atomic E-state index is 12.6. The van der Waals surface area contributed by atoms with Gasteiger partial charge in [-0.25, -0.2) is 0 Å². The van der Waals surface area contributed by atoms with Crippen molar-refractivity contribution in [1.29, 1.82) is 0 Å². The van der Waals surface area contributed by atoms with Crippen molar-refractivity contribution < 1.29 is 4.79 Å². The van der Waals surface area contributed by atoms with E-state index in [1.165, 1.54) is 11.3 Å². The number of benzene rings is 1. The zero-order valence-corrected chi connectivity index (χ0v) is 16.4. The van der Waals surface area contributed by atoms with E-state index in [1.54, 1.807) is 23.0 Å². The Balaban J connectivity index is 1.70. The Bertz CT molecular complexity index is 922. The Morgan fingerprint density at radius 3 is 2.81 bits per heavy atom. The van der Waals surface area contributed by atoms with Crippen LogP contribution in [0.15, 0.2) is 41.9 Å². The molecule has 0 aliphatic carbocycles. The van der Waals surface area contributed by atoms with Crippen molar-refractivity contribution in [2.45, 2.75) is 12.5 Å². The fourth-order valence-electron chi connectivity index (χ4n) is 2.65. The number of halogens is 2. The van der Waals surface area contributed by atoms with Gasteiger partial charge in [-0.3, -0.25) is 9.48 Å². The smallest absolute Gasteiger partial charge is 0.261 e. The average Bonchev–Trinajstić information content (AvgIpc) is 3.25. The van der Waals surface area contributed by atoms with Crippen molar-refractivity contribution in [3.05, 3.63) is 62.4 Å². The molecule has 0 radical (unpaired) electrons. The molecular weight excluding hydrogens is 391 g/mol. The predicted octanol–water partition coefficient (Wildman–Crippen LogP) is 3.76. The summed E-state index contributed by atoms with van der Waals surface area (Å²) in [5, 5.41) is 10.2. The summed E-state index contributed by atoms with van der Waals surface area (Å²) < 4.78 is 1.77. The van der Waals surface area contributed by atoms with Gasteiger partial charge in [0.2, 0.25) is 0 Å². The van der Waals surface area contributed by atoms with Gasteiger partial charge in [0.15, 0.2) is 0 Å². The van der Waals surface area contributed by atoms with Gasteiger partial charge in [-0.2, -0.15) is 5.10 Å². The van der Waals surface area contributed by atoms with Crippen LogP contribution in [0.1, 0.15) is 15.2 Å². The van der Waals surface area contributed by atoms with Crippen LogP contribution in [-0.4, -0.2) is 28.3 Å². The van der Waals surface area contributed by atoms with Gasteiger partial charge in [0, 0.05) is 46.8 Å². The molecule has 0 aliphatic heterocycles. The SMILES string of the molecule is Cn1nccc1-c1csc(C(=O)NC(CN)Cc2ccc(Cl)cc2Cl)c1. The van der Waals surface area contributed by atoms with Gasteiger partial charge in [-0.1, -0.05) is 29.3 Å². The van der Waals surface area contributed by atoms with E-state index in [2.05, 4.69) is 10.4 Å². The molecule has 0 fully saturated rings. The number of thiophene rings is 1. The quantitative estimate of drug-likeness (QED) is 0.651. The maximum Gasteiger partial charge on any atom is 0.261 e. The summed E-state index contributed by atoms with van der Waals surface area (Å²) in [5.41, 5.74) is 8.66. The van der Waals surface area contributed by atoms with E-state index in [0.29, 0.717) is 27.9 Å². The number of aryl methyl sites for hydroxylation is 1. The molecule has 26 heavy (non-hydrogen) atoms. The first-order valence-electron chi connectivity index (χ1n) is 7.99. The van der Waals surface area contributed by atoms with E-state index in [-0.39, 0.29) is 11.9 Å². The Hall–Kier alpha value is -1.86. The van der Waals surface area contributed by atoms with Crippen LogP contribution in [0.25, 0.3) is 11.3 Å². The van der Waals surface area contributed by atoms with Gasteiger partial charge >= 0.3 is 0 Å². The molecule has 1 aromatic carbocycles. The number of nitrogens with zero attached hydrogens (tertiary/aromatic N) is 2. The molecule has 2 heterocycles. The van der Waals surface area contributed by atoms with E-state index in [1.807, 2.05) is 30.6 Å². The summed E-state index contributed by atoms with van der Waals surface area (Å²) in [6.07, 6.45) is 2.27. The Morgan fingerprint density at radius 1 is 1.35 bits per heavy atom. The Morgan fingerprint density at radius 2 is 2.15 bits per heavy atom. The van der Waals surface area contributed by atoms with Crippen molar-refractivity contribution in [2.75, 3.05) is 6.54 Å². The van der Waals surface area contributed by atoms with Crippen LogP contribution in [0.5, 0.6) is 0 Å². The summed E-state index contributed by atoms with van der Waals surface area (Å²) in [4.78, 5) is 13.2. The number of rotatable bonds is 6. The highest BCUT2D eigenvalue weighted by molar-refractivity contribution is 7.12. The molecule has 8 heteroatoms. The summed E-state index contributed by atoms with van der Waals surface area (Å²) in [7, 11) is 1.87. The predicted molar refractivity (Wildman–Crippen MR) is 107 cm³/mol. The second-order valence-electron chi connectivity index (χ2n) is 5.89. The van der Waals surface area contributed by atoms with E-state index >= 15 is 0 Å². The third-order valence-corrected chi connectivity index (χ3v) is 5.56. The summed E-state index contributed by atoms with van der Waals surface area (Å²) >= 11 is 13.5. The molecule has 0 spiro atoms. The van der Waals surface area contributed by atoms with Crippen molar-refractivity contribution >= 4 is 40.4 Å². The molecule has 1 amide bonds. The number of carbonyl (C=O) groups is 1.